The van der Waals surface area contributed by atoms with Crippen molar-refractivity contribution in [1.29, 1.82) is 0 Å². The van der Waals surface area contributed by atoms with Gasteiger partial charge in [-0.3, -0.25) is 0 Å². The Morgan fingerprint density at radius 1 is 1.21 bits per heavy atom. The highest BCUT2D eigenvalue weighted by atomic mass is 35.5. The summed E-state index contributed by atoms with van der Waals surface area (Å²) in [6.07, 6.45) is 2.26. The average molecular weight is 276 g/mol. The maximum absolute atomic E-state index is 6.18. The molecule has 0 radical (unpaired) electrons. The third-order valence-electron chi connectivity index (χ3n) is 4.32. The first-order chi connectivity index (χ1) is 9.06. The Labute approximate surface area is 118 Å². The largest absolute Gasteiger partial charge is 0.496 e. The topological polar surface area (TPSA) is 35.2 Å². The molecule has 0 spiro atoms. The number of hydrogen-bond donors (Lipinski definition) is 1. The van der Waals surface area contributed by atoms with E-state index in [4.69, 9.17) is 22.1 Å². The van der Waals surface area contributed by atoms with E-state index in [1.807, 2.05) is 18.2 Å². The van der Waals surface area contributed by atoms with Crippen LogP contribution < -0.4 is 10.5 Å². The normalized spacial score (nSPS) is 18.3. The predicted octanol–water partition coefficient (Wildman–Crippen LogP) is 3.88. The summed E-state index contributed by atoms with van der Waals surface area (Å²) in [5.41, 5.74) is 7.49. The lowest BCUT2D eigenvalue weighted by Gasteiger charge is -2.23. The molecular formula is C16H18ClNO. The molecule has 100 valence electrons. The molecule has 1 fully saturated rings. The Hall–Kier alpha value is -1.25. The third-order valence-corrected chi connectivity index (χ3v) is 4.55. The van der Waals surface area contributed by atoms with Gasteiger partial charge in [0.1, 0.15) is 5.75 Å². The number of benzene rings is 2. The Balaban J connectivity index is 2.23. The van der Waals surface area contributed by atoms with Crippen LogP contribution in [-0.2, 0) is 5.41 Å². The summed E-state index contributed by atoms with van der Waals surface area (Å²) in [5.74, 6) is 0.935. The first-order valence-corrected chi connectivity index (χ1v) is 6.98. The summed E-state index contributed by atoms with van der Waals surface area (Å²) in [7, 11) is 1.72. The second-order valence-corrected chi connectivity index (χ2v) is 5.93. The van der Waals surface area contributed by atoms with Crippen molar-refractivity contribution in [3.63, 3.8) is 0 Å². The minimum Gasteiger partial charge on any atom is -0.496 e. The Bertz CT molecular complexity index is 632. The number of hydrogen-bond acceptors (Lipinski definition) is 2. The fraction of sp³-hybridized carbons (Fsp3) is 0.375. The molecule has 0 aliphatic heterocycles. The molecule has 0 amide bonds. The van der Waals surface area contributed by atoms with Crippen molar-refractivity contribution in [2.24, 2.45) is 5.73 Å². The van der Waals surface area contributed by atoms with Crippen LogP contribution in [0.1, 0.15) is 25.3 Å². The molecule has 3 rings (SSSR count). The number of halogens is 1. The van der Waals surface area contributed by atoms with Crippen molar-refractivity contribution >= 4 is 22.4 Å². The summed E-state index contributed by atoms with van der Waals surface area (Å²) >= 11 is 6.08. The van der Waals surface area contributed by atoms with Crippen LogP contribution in [0.4, 0.5) is 0 Å². The maximum Gasteiger partial charge on any atom is 0.123 e. The van der Waals surface area contributed by atoms with Gasteiger partial charge in [0.15, 0.2) is 0 Å². The van der Waals surface area contributed by atoms with Crippen LogP contribution in [0.15, 0.2) is 30.3 Å². The molecule has 1 saturated carbocycles. The molecule has 3 heteroatoms. The lowest BCUT2D eigenvalue weighted by Crippen LogP contribution is -2.31. The molecule has 2 N–H and O–H groups in total. The van der Waals surface area contributed by atoms with E-state index in [2.05, 4.69) is 19.1 Å². The molecule has 0 heterocycles. The lowest BCUT2D eigenvalue weighted by molar-refractivity contribution is 0.399. The summed E-state index contributed by atoms with van der Waals surface area (Å²) in [6, 6.07) is 10.3. The second-order valence-electron chi connectivity index (χ2n) is 5.49. The zero-order valence-corrected chi connectivity index (χ0v) is 12.0. The molecule has 1 aliphatic rings. The maximum atomic E-state index is 6.18. The zero-order valence-electron chi connectivity index (χ0n) is 11.2. The highest BCUT2D eigenvalue weighted by molar-refractivity contribution is 6.31. The standard InChI is InChI=1S/C16H18ClNO/c1-10(18)16(5-6-16)14-8-12-7-13(17)4-3-11(12)9-15(14)19-2/h3-4,7-10H,5-6,18H2,1-2H3. The van der Waals surface area contributed by atoms with Gasteiger partial charge in [-0.1, -0.05) is 17.7 Å². The van der Waals surface area contributed by atoms with Crippen LogP contribution in [-0.4, -0.2) is 13.2 Å². The second kappa shape index (κ2) is 4.39. The van der Waals surface area contributed by atoms with Crippen molar-refractivity contribution < 1.29 is 4.74 Å². The molecule has 1 unspecified atom stereocenters. The van der Waals surface area contributed by atoms with Crippen molar-refractivity contribution in [1.82, 2.24) is 0 Å². The van der Waals surface area contributed by atoms with E-state index < -0.39 is 0 Å². The van der Waals surface area contributed by atoms with Crippen molar-refractivity contribution in [3.8, 4) is 5.75 Å². The fourth-order valence-electron chi connectivity index (χ4n) is 2.91. The summed E-state index contributed by atoms with van der Waals surface area (Å²) < 4.78 is 5.57. The Kier molecular flexibility index (Phi) is 2.95. The highest BCUT2D eigenvalue weighted by Crippen LogP contribution is 2.53. The van der Waals surface area contributed by atoms with Gasteiger partial charge in [0.05, 0.1) is 7.11 Å². The van der Waals surface area contributed by atoms with E-state index in [-0.39, 0.29) is 11.5 Å². The van der Waals surface area contributed by atoms with E-state index in [0.717, 1.165) is 34.4 Å². The van der Waals surface area contributed by atoms with Gasteiger partial charge >= 0.3 is 0 Å². The predicted molar refractivity (Wildman–Crippen MR) is 80.1 cm³/mol. The van der Waals surface area contributed by atoms with Crippen LogP contribution in [0.2, 0.25) is 5.02 Å². The van der Waals surface area contributed by atoms with Gasteiger partial charge in [-0.2, -0.15) is 0 Å². The molecule has 2 nitrogen and oxygen atoms in total. The quantitative estimate of drug-likeness (QED) is 0.923. The molecule has 1 aliphatic carbocycles. The summed E-state index contributed by atoms with van der Waals surface area (Å²) in [6.45, 7) is 2.08. The number of ether oxygens (including phenoxy) is 1. The third kappa shape index (κ3) is 1.99. The molecule has 0 aromatic heterocycles. The van der Waals surface area contributed by atoms with Gasteiger partial charge in [0, 0.05) is 22.0 Å². The number of nitrogens with two attached hydrogens (primary N) is 1. The van der Waals surface area contributed by atoms with Gasteiger partial charge in [-0.05, 0) is 54.8 Å². The number of rotatable bonds is 3. The van der Waals surface area contributed by atoms with Crippen molar-refractivity contribution in [2.75, 3.05) is 7.11 Å². The van der Waals surface area contributed by atoms with Crippen LogP contribution in [0.5, 0.6) is 5.75 Å². The molecular weight excluding hydrogens is 258 g/mol. The molecule has 0 bridgehead atoms. The SMILES string of the molecule is COc1cc2ccc(Cl)cc2cc1C1(C(C)N)CC1. The smallest absolute Gasteiger partial charge is 0.123 e. The number of methoxy groups -OCH3 is 1. The Morgan fingerprint density at radius 3 is 2.53 bits per heavy atom. The zero-order chi connectivity index (χ0) is 13.6. The van der Waals surface area contributed by atoms with Crippen LogP contribution in [0.25, 0.3) is 10.8 Å². The van der Waals surface area contributed by atoms with E-state index in [0.29, 0.717) is 0 Å². The lowest BCUT2D eigenvalue weighted by atomic mass is 9.87. The van der Waals surface area contributed by atoms with Crippen molar-refractivity contribution in [3.05, 3.63) is 40.9 Å². The van der Waals surface area contributed by atoms with E-state index >= 15 is 0 Å². The van der Waals surface area contributed by atoms with Gasteiger partial charge in [0.25, 0.3) is 0 Å². The van der Waals surface area contributed by atoms with E-state index in [1.54, 1.807) is 7.11 Å². The highest BCUT2D eigenvalue weighted by Gasteiger charge is 2.49. The van der Waals surface area contributed by atoms with E-state index in [1.165, 1.54) is 5.56 Å². The van der Waals surface area contributed by atoms with Crippen molar-refractivity contribution in [2.45, 2.75) is 31.2 Å². The first-order valence-electron chi connectivity index (χ1n) is 6.60. The molecule has 2 aromatic carbocycles. The molecule has 0 saturated heterocycles. The van der Waals surface area contributed by atoms with Gasteiger partial charge in [-0.15, -0.1) is 0 Å². The van der Waals surface area contributed by atoms with Crippen LogP contribution in [0.3, 0.4) is 0 Å². The summed E-state index contributed by atoms with van der Waals surface area (Å²) in [4.78, 5) is 0. The molecule has 2 aromatic rings. The van der Waals surface area contributed by atoms with Crippen LogP contribution >= 0.6 is 11.6 Å². The number of fused-ring (bicyclic) bond motifs is 1. The Morgan fingerprint density at radius 2 is 1.95 bits per heavy atom. The molecule has 1 atom stereocenters. The summed E-state index contributed by atoms with van der Waals surface area (Å²) in [5, 5.41) is 3.05. The average Bonchev–Trinajstić information content (AvgIpc) is 3.18. The minimum atomic E-state index is 0.0852. The minimum absolute atomic E-state index is 0.0852. The van der Waals surface area contributed by atoms with Crippen LogP contribution in [0, 0.1) is 0 Å². The van der Waals surface area contributed by atoms with Gasteiger partial charge < -0.3 is 10.5 Å². The molecule has 19 heavy (non-hydrogen) atoms. The monoisotopic (exact) mass is 275 g/mol. The fourth-order valence-corrected chi connectivity index (χ4v) is 3.09. The first kappa shape index (κ1) is 12.8. The van der Waals surface area contributed by atoms with E-state index in [9.17, 15) is 0 Å². The van der Waals surface area contributed by atoms with Gasteiger partial charge in [0.2, 0.25) is 0 Å². The van der Waals surface area contributed by atoms with Gasteiger partial charge in [-0.25, -0.2) is 0 Å².